The van der Waals surface area contributed by atoms with Gasteiger partial charge in [0.25, 0.3) is 11.8 Å². The molecule has 4 amide bonds. The molecule has 0 saturated carbocycles. The Kier molecular flexibility index (Phi) is 3.88. The van der Waals surface area contributed by atoms with Gasteiger partial charge in [-0.05, 0) is 12.1 Å². The lowest BCUT2D eigenvalue weighted by Gasteiger charge is -2.29. The lowest BCUT2D eigenvalue weighted by Crippen LogP contribution is -2.55. The van der Waals surface area contributed by atoms with E-state index in [1.165, 1.54) is 6.20 Å². The van der Waals surface area contributed by atoms with Crippen LogP contribution in [0.5, 0.6) is 0 Å². The van der Waals surface area contributed by atoms with Crippen molar-refractivity contribution in [3.8, 4) is 0 Å². The van der Waals surface area contributed by atoms with E-state index in [-0.39, 0.29) is 5.57 Å². The third-order valence-electron chi connectivity index (χ3n) is 3.47. The predicted octanol–water partition coefficient (Wildman–Crippen LogP) is 0.486. The number of benzene rings is 1. The second kappa shape index (κ2) is 5.98. The summed E-state index contributed by atoms with van der Waals surface area (Å²) in [7, 11) is 0. The lowest BCUT2D eigenvalue weighted by molar-refractivity contribution is -0.122. The summed E-state index contributed by atoms with van der Waals surface area (Å²) in [6.45, 7) is 2.29. The Bertz CT molecular complexity index is 635. The van der Waals surface area contributed by atoms with Crippen molar-refractivity contribution in [3.63, 3.8) is 0 Å². The maximum atomic E-state index is 12.5. The molecule has 0 unspecified atom stereocenters. The Hall–Kier alpha value is -2.67. The minimum Gasteiger partial charge on any atom is -0.378 e. The molecule has 7 heteroatoms. The molecule has 1 aromatic rings. The molecule has 0 atom stereocenters. The number of barbiturate groups is 1. The van der Waals surface area contributed by atoms with Gasteiger partial charge >= 0.3 is 6.03 Å². The number of imide groups is 2. The number of amides is 4. The Labute approximate surface area is 127 Å². The fraction of sp³-hybridized carbons (Fsp3) is 0.267. The van der Waals surface area contributed by atoms with Gasteiger partial charge in [0.1, 0.15) is 5.57 Å². The first-order valence-corrected chi connectivity index (χ1v) is 6.95. The van der Waals surface area contributed by atoms with Crippen molar-refractivity contribution in [1.29, 1.82) is 0 Å². The monoisotopic (exact) mass is 301 g/mol. The molecule has 2 aliphatic heterocycles. The molecule has 114 valence electrons. The van der Waals surface area contributed by atoms with Crippen LogP contribution in [0.1, 0.15) is 0 Å². The van der Waals surface area contributed by atoms with Crippen LogP contribution in [-0.4, -0.2) is 49.0 Å². The van der Waals surface area contributed by atoms with Crippen molar-refractivity contribution >= 4 is 23.5 Å². The zero-order valence-electron chi connectivity index (χ0n) is 11.8. The summed E-state index contributed by atoms with van der Waals surface area (Å²) in [5, 5.41) is 2.20. The van der Waals surface area contributed by atoms with E-state index in [0.29, 0.717) is 32.0 Å². The molecule has 0 bridgehead atoms. The van der Waals surface area contributed by atoms with E-state index in [4.69, 9.17) is 4.74 Å². The van der Waals surface area contributed by atoms with Gasteiger partial charge in [0.2, 0.25) is 0 Å². The summed E-state index contributed by atoms with van der Waals surface area (Å²) in [6, 6.07) is 7.76. The highest BCUT2D eigenvalue weighted by Gasteiger charge is 2.37. The van der Waals surface area contributed by atoms with Gasteiger partial charge in [0.05, 0.1) is 18.9 Å². The minimum atomic E-state index is -0.736. The summed E-state index contributed by atoms with van der Waals surface area (Å²) in [5.74, 6) is -1.29. The second-order valence-corrected chi connectivity index (χ2v) is 4.93. The quantitative estimate of drug-likeness (QED) is 0.635. The highest BCUT2D eigenvalue weighted by atomic mass is 16.5. The molecule has 0 radical (unpaired) electrons. The number of para-hydroxylation sites is 1. The van der Waals surface area contributed by atoms with Crippen LogP contribution in [0.25, 0.3) is 0 Å². The molecular weight excluding hydrogens is 286 g/mol. The number of carbonyl (C=O) groups is 3. The molecule has 22 heavy (non-hydrogen) atoms. The first kappa shape index (κ1) is 14.3. The highest BCUT2D eigenvalue weighted by molar-refractivity contribution is 6.37. The number of morpholine rings is 1. The van der Waals surface area contributed by atoms with Crippen molar-refractivity contribution in [2.45, 2.75) is 0 Å². The number of carbonyl (C=O) groups excluding carboxylic acids is 3. The van der Waals surface area contributed by atoms with Gasteiger partial charge in [-0.1, -0.05) is 18.2 Å². The van der Waals surface area contributed by atoms with Crippen molar-refractivity contribution in [3.05, 3.63) is 42.1 Å². The summed E-state index contributed by atoms with van der Waals surface area (Å²) in [6.07, 6.45) is 1.50. The molecule has 7 nitrogen and oxygen atoms in total. The van der Waals surface area contributed by atoms with Crippen LogP contribution in [0, 0.1) is 0 Å². The average molecular weight is 301 g/mol. The van der Waals surface area contributed by atoms with E-state index in [0.717, 1.165) is 4.90 Å². The standard InChI is InChI=1S/C15H15N3O4/c19-13-12(10-17-6-8-22-9-7-17)14(20)18(15(21)16-13)11-4-2-1-3-5-11/h1-5,10H,6-9H2,(H,16,19,21). The van der Waals surface area contributed by atoms with Gasteiger partial charge in [0, 0.05) is 19.3 Å². The fourth-order valence-corrected chi connectivity index (χ4v) is 2.34. The van der Waals surface area contributed by atoms with Crippen LogP contribution in [0.4, 0.5) is 10.5 Å². The Morgan fingerprint density at radius 3 is 2.41 bits per heavy atom. The van der Waals surface area contributed by atoms with Gasteiger partial charge in [0.15, 0.2) is 0 Å². The molecule has 0 spiro atoms. The normalized spacial score (nSPS) is 21.3. The Balaban J connectivity index is 1.90. The Morgan fingerprint density at radius 1 is 1.05 bits per heavy atom. The average Bonchev–Trinajstić information content (AvgIpc) is 2.53. The van der Waals surface area contributed by atoms with Crippen molar-refractivity contribution in [2.24, 2.45) is 0 Å². The number of rotatable bonds is 2. The number of anilines is 1. The van der Waals surface area contributed by atoms with Crippen molar-refractivity contribution < 1.29 is 19.1 Å². The number of hydrogen-bond donors (Lipinski definition) is 1. The topological polar surface area (TPSA) is 79.0 Å². The molecule has 2 aliphatic rings. The number of nitrogens with zero attached hydrogens (tertiary/aromatic N) is 2. The van der Waals surface area contributed by atoms with E-state index in [1.807, 2.05) is 4.90 Å². The molecule has 1 aromatic carbocycles. The fourth-order valence-electron chi connectivity index (χ4n) is 2.34. The molecule has 1 N–H and O–H groups in total. The van der Waals surface area contributed by atoms with Crippen LogP contribution in [0.2, 0.25) is 0 Å². The molecule has 0 aromatic heterocycles. The van der Waals surface area contributed by atoms with Crippen LogP contribution in [0.15, 0.2) is 42.1 Å². The maximum absolute atomic E-state index is 12.5. The van der Waals surface area contributed by atoms with E-state index in [1.54, 1.807) is 30.3 Å². The summed E-state index contributed by atoms with van der Waals surface area (Å²) >= 11 is 0. The summed E-state index contributed by atoms with van der Waals surface area (Å²) in [5.41, 5.74) is 0.371. The molecule has 0 aliphatic carbocycles. The molecule has 3 rings (SSSR count). The van der Waals surface area contributed by atoms with Crippen LogP contribution in [-0.2, 0) is 14.3 Å². The Morgan fingerprint density at radius 2 is 1.73 bits per heavy atom. The molecule has 2 saturated heterocycles. The van der Waals surface area contributed by atoms with Gasteiger partial charge in [-0.25, -0.2) is 9.69 Å². The zero-order valence-corrected chi connectivity index (χ0v) is 11.8. The SMILES string of the molecule is O=C1NC(=O)N(c2ccccc2)C(=O)C1=CN1CCOCC1. The second-order valence-electron chi connectivity index (χ2n) is 4.93. The van der Waals surface area contributed by atoms with Gasteiger partial charge in [-0.15, -0.1) is 0 Å². The smallest absolute Gasteiger partial charge is 0.335 e. The van der Waals surface area contributed by atoms with E-state index >= 15 is 0 Å². The van der Waals surface area contributed by atoms with Gasteiger partial charge in [-0.3, -0.25) is 14.9 Å². The van der Waals surface area contributed by atoms with E-state index < -0.39 is 17.8 Å². The number of hydrogen-bond acceptors (Lipinski definition) is 5. The number of ether oxygens (including phenoxy) is 1. The van der Waals surface area contributed by atoms with E-state index in [9.17, 15) is 14.4 Å². The lowest BCUT2D eigenvalue weighted by atomic mass is 10.1. The first-order valence-electron chi connectivity index (χ1n) is 6.95. The summed E-state index contributed by atoms with van der Waals surface area (Å²) in [4.78, 5) is 39.3. The zero-order chi connectivity index (χ0) is 15.5. The summed E-state index contributed by atoms with van der Waals surface area (Å²) < 4.78 is 5.23. The third kappa shape index (κ3) is 2.71. The first-order chi connectivity index (χ1) is 10.7. The third-order valence-corrected chi connectivity index (χ3v) is 3.47. The number of nitrogens with one attached hydrogen (secondary N) is 1. The van der Waals surface area contributed by atoms with Crippen LogP contribution in [0.3, 0.4) is 0 Å². The highest BCUT2D eigenvalue weighted by Crippen LogP contribution is 2.20. The van der Waals surface area contributed by atoms with Gasteiger partial charge in [-0.2, -0.15) is 0 Å². The molecular formula is C15H15N3O4. The van der Waals surface area contributed by atoms with Crippen molar-refractivity contribution in [2.75, 3.05) is 31.2 Å². The molecule has 2 heterocycles. The van der Waals surface area contributed by atoms with E-state index in [2.05, 4.69) is 5.32 Å². The van der Waals surface area contributed by atoms with Crippen LogP contribution >= 0.6 is 0 Å². The van der Waals surface area contributed by atoms with Gasteiger partial charge < -0.3 is 9.64 Å². The van der Waals surface area contributed by atoms with Crippen molar-refractivity contribution in [1.82, 2.24) is 10.2 Å². The number of urea groups is 1. The largest absolute Gasteiger partial charge is 0.378 e. The molecule has 2 fully saturated rings. The maximum Gasteiger partial charge on any atom is 0.335 e. The van der Waals surface area contributed by atoms with Crippen LogP contribution < -0.4 is 10.2 Å². The predicted molar refractivity (Wildman–Crippen MR) is 77.9 cm³/mol. The minimum absolute atomic E-state index is 0.0506.